The first-order valence-electron chi connectivity index (χ1n) is 4.79. The van der Waals surface area contributed by atoms with Crippen molar-refractivity contribution in [1.29, 1.82) is 0 Å². The fourth-order valence-corrected chi connectivity index (χ4v) is 2.77. The van der Waals surface area contributed by atoms with Crippen molar-refractivity contribution < 1.29 is 0 Å². The Bertz CT molecular complexity index is 443. The largest absolute Gasteiger partial charge is 0.304 e. The molecule has 1 heterocycles. The number of fused-ring (bicyclic) bond motifs is 1. The molecule has 0 aliphatic rings. The Kier molecular flexibility index (Phi) is 2.57. The molecule has 0 N–H and O–H groups in total. The van der Waals surface area contributed by atoms with Gasteiger partial charge in [0, 0.05) is 16.1 Å². The molecule has 14 heavy (non-hydrogen) atoms. The minimum absolute atomic E-state index is 1.04. The van der Waals surface area contributed by atoms with E-state index in [-0.39, 0.29) is 0 Å². The van der Waals surface area contributed by atoms with E-state index in [0.29, 0.717) is 0 Å². The lowest BCUT2D eigenvalue weighted by atomic mass is 10.2. The molecule has 0 fully saturated rings. The summed E-state index contributed by atoms with van der Waals surface area (Å²) in [5.41, 5.74) is 1.34. The van der Waals surface area contributed by atoms with Crippen LogP contribution in [0.2, 0.25) is 0 Å². The molecule has 2 heteroatoms. The van der Waals surface area contributed by atoms with Crippen molar-refractivity contribution in [3.63, 3.8) is 0 Å². The van der Waals surface area contributed by atoms with Gasteiger partial charge in [0.1, 0.15) is 0 Å². The molecule has 0 radical (unpaired) electrons. The number of thiophene rings is 1. The molecular formula is C12H15NS. The van der Waals surface area contributed by atoms with Gasteiger partial charge in [0.05, 0.1) is 0 Å². The summed E-state index contributed by atoms with van der Waals surface area (Å²) in [4.78, 5) is 3.65. The zero-order valence-corrected chi connectivity index (χ0v) is 9.69. The molecule has 0 bridgehead atoms. The van der Waals surface area contributed by atoms with Gasteiger partial charge in [-0.25, -0.2) is 0 Å². The van der Waals surface area contributed by atoms with Crippen LogP contribution in [0.25, 0.3) is 10.1 Å². The first-order valence-corrected chi connectivity index (χ1v) is 5.60. The zero-order valence-electron chi connectivity index (χ0n) is 8.87. The minimum Gasteiger partial charge on any atom is -0.304 e. The van der Waals surface area contributed by atoms with E-state index in [1.165, 1.54) is 20.5 Å². The second-order valence-corrected chi connectivity index (χ2v) is 5.16. The van der Waals surface area contributed by atoms with Crippen LogP contribution in [0.5, 0.6) is 0 Å². The summed E-state index contributed by atoms with van der Waals surface area (Å²) in [6.07, 6.45) is 0. The highest BCUT2D eigenvalue weighted by atomic mass is 32.1. The molecule has 1 aromatic heterocycles. The number of hydrogen-bond acceptors (Lipinski definition) is 2. The van der Waals surface area contributed by atoms with Crippen molar-refractivity contribution in [3.8, 4) is 0 Å². The minimum atomic E-state index is 1.04. The van der Waals surface area contributed by atoms with Crippen LogP contribution in [0.1, 0.15) is 10.4 Å². The molecule has 1 nitrogen and oxygen atoms in total. The van der Waals surface area contributed by atoms with E-state index in [9.17, 15) is 0 Å². The molecule has 2 aromatic rings. The van der Waals surface area contributed by atoms with E-state index >= 15 is 0 Å². The fourth-order valence-electron chi connectivity index (χ4n) is 1.61. The van der Waals surface area contributed by atoms with Crippen LogP contribution in [0.3, 0.4) is 0 Å². The number of rotatable bonds is 2. The summed E-state index contributed by atoms with van der Waals surface area (Å²) in [6.45, 7) is 3.18. The lowest BCUT2D eigenvalue weighted by molar-refractivity contribution is 0.406. The Morgan fingerprint density at radius 2 is 2.00 bits per heavy atom. The molecule has 0 unspecified atom stereocenters. The number of hydrogen-bond donors (Lipinski definition) is 0. The third-order valence-electron chi connectivity index (χ3n) is 2.19. The van der Waals surface area contributed by atoms with E-state index in [1.807, 2.05) is 11.3 Å². The molecule has 74 valence electrons. The van der Waals surface area contributed by atoms with Crippen molar-refractivity contribution in [1.82, 2.24) is 4.90 Å². The van der Waals surface area contributed by atoms with E-state index in [4.69, 9.17) is 0 Å². The van der Waals surface area contributed by atoms with Crippen molar-refractivity contribution in [2.24, 2.45) is 0 Å². The predicted molar refractivity (Wildman–Crippen MR) is 64.0 cm³/mol. The van der Waals surface area contributed by atoms with E-state index in [2.05, 4.69) is 50.2 Å². The molecule has 0 saturated heterocycles. The third-order valence-corrected chi connectivity index (χ3v) is 3.30. The summed E-state index contributed by atoms with van der Waals surface area (Å²) in [7, 11) is 4.21. The first-order chi connectivity index (χ1) is 6.65. The van der Waals surface area contributed by atoms with Crippen molar-refractivity contribution in [2.45, 2.75) is 13.5 Å². The van der Waals surface area contributed by atoms with Gasteiger partial charge in [0.15, 0.2) is 0 Å². The predicted octanol–water partition coefficient (Wildman–Crippen LogP) is 3.27. The molecule has 0 saturated carbocycles. The zero-order chi connectivity index (χ0) is 10.1. The fraction of sp³-hybridized carbons (Fsp3) is 0.333. The summed E-state index contributed by atoms with van der Waals surface area (Å²) in [5.74, 6) is 0. The van der Waals surface area contributed by atoms with Crippen LogP contribution in [0.15, 0.2) is 24.3 Å². The summed E-state index contributed by atoms with van der Waals surface area (Å²) >= 11 is 1.89. The average molecular weight is 205 g/mol. The Morgan fingerprint density at radius 1 is 1.21 bits per heavy atom. The highest BCUT2D eigenvalue weighted by Gasteiger charge is 2.02. The number of aryl methyl sites for hydroxylation is 1. The third kappa shape index (κ3) is 1.97. The van der Waals surface area contributed by atoms with Crippen LogP contribution in [0, 0.1) is 6.92 Å². The van der Waals surface area contributed by atoms with E-state index in [0.717, 1.165) is 6.54 Å². The number of benzene rings is 1. The second-order valence-electron chi connectivity index (χ2n) is 3.99. The smallest absolute Gasteiger partial charge is 0.0346 e. The average Bonchev–Trinajstić information content (AvgIpc) is 2.44. The Labute approximate surface area is 89.0 Å². The molecule has 0 atom stereocenters. The van der Waals surface area contributed by atoms with Crippen LogP contribution in [-0.4, -0.2) is 19.0 Å². The first kappa shape index (κ1) is 9.69. The van der Waals surface area contributed by atoms with E-state index in [1.54, 1.807) is 0 Å². The highest BCUT2D eigenvalue weighted by molar-refractivity contribution is 7.19. The van der Waals surface area contributed by atoms with Gasteiger partial charge in [0.25, 0.3) is 0 Å². The van der Waals surface area contributed by atoms with Crippen molar-refractivity contribution in [2.75, 3.05) is 14.1 Å². The van der Waals surface area contributed by atoms with Crippen LogP contribution in [-0.2, 0) is 6.54 Å². The molecule has 0 spiro atoms. The lowest BCUT2D eigenvalue weighted by Gasteiger charge is -2.05. The van der Waals surface area contributed by atoms with Crippen LogP contribution in [0.4, 0.5) is 0 Å². The van der Waals surface area contributed by atoms with Crippen molar-refractivity contribution >= 4 is 21.4 Å². The molecule has 0 aliphatic carbocycles. The van der Waals surface area contributed by atoms with Crippen LogP contribution < -0.4 is 0 Å². The van der Waals surface area contributed by atoms with Gasteiger partial charge in [-0.3, -0.25) is 0 Å². The monoisotopic (exact) mass is 205 g/mol. The molecule has 0 aliphatic heterocycles. The van der Waals surface area contributed by atoms with Gasteiger partial charge in [-0.05, 0) is 38.5 Å². The van der Waals surface area contributed by atoms with Crippen LogP contribution >= 0.6 is 11.3 Å². The van der Waals surface area contributed by atoms with Crippen molar-refractivity contribution in [3.05, 3.63) is 34.7 Å². The second kappa shape index (κ2) is 3.71. The summed E-state index contributed by atoms with van der Waals surface area (Å²) in [5, 5.41) is 1.38. The topological polar surface area (TPSA) is 3.24 Å². The van der Waals surface area contributed by atoms with Gasteiger partial charge < -0.3 is 4.90 Å². The van der Waals surface area contributed by atoms with Gasteiger partial charge in [-0.15, -0.1) is 11.3 Å². The standard InChI is InChI=1S/C12H15NS/c1-9-4-5-12-10(6-9)7-11(14-12)8-13(2)3/h4-7H,8H2,1-3H3. The van der Waals surface area contributed by atoms with Gasteiger partial charge in [-0.2, -0.15) is 0 Å². The van der Waals surface area contributed by atoms with Gasteiger partial charge in [-0.1, -0.05) is 17.7 Å². The molecule has 0 amide bonds. The SMILES string of the molecule is Cc1ccc2sc(CN(C)C)cc2c1. The lowest BCUT2D eigenvalue weighted by Crippen LogP contribution is -2.09. The summed E-state index contributed by atoms with van der Waals surface area (Å²) in [6, 6.07) is 8.95. The maximum absolute atomic E-state index is 2.30. The van der Waals surface area contributed by atoms with Gasteiger partial charge >= 0.3 is 0 Å². The normalized spacial score (nSPS) is 11.4. The van der Waals surface area contributed by atoms with E-state index < -0.39 is 0 Å². The maximum Gasteiger partial charge on any atom is 0.0346 e. The quantitative estimate of drug-likeness (QED) is 0.727. The summed E-state index contributed by atoms with van der Waals surface area (Å²) < 4.78 is 1.40. The molecule has 1 aromatic carbocycles. The maximum atomic E-state index is 2.30. The number of nitrogens with zero attached hydrogens (tertiary/aromatic N) is 1. The Morgan fingerprint density at radius 3 is 2.71 bits per heavy atom. The Hall–Kier alpha value is -0.860. The van der Waals surface area contributed by atoms with Gasteiger partial charge in [0.2, 0.25) is 0 Å². The highest BCUT2D eigenvalue weighted by Crippen LogP contribution is 2.26. The molecular weight excluding hydrogens is 190 g/mol. The molecule has 2 rings (SSSR count). The Balaban J connectivity index is 2.41.